The smallest absolute Gasteiger partial charge is 0.303 e. The van der Waals surface area contributed by atoms with Gasteiger partial charge in [-0.1, -0.05) is 26.8 Å². The van der Waals surface area contributed by atoms with Gasteiger partial charge in [0.15, 0.2) is 6.10 Å². The first-order valence-corrected chi connectivity index (χ1v) is 11.1. The van der Waals surface area contributed by atoms with Crippen molar-refractivity contribution in [3.63, 3.8) is 0 Å². The van der Waals surface area contributed by atoms with Crippen molar-refractivity contribution in [3.05, 3.63) is 12.7 Å². The molecule has 2 aliphatic carbocycles. The van der Waals surface area contributed by atoms with Gasteiger partial charge in [0, 0.05) is 25.2 Å². The highest BCUT2D eigenvalue weighted by molar-refractivity contribution is 5.66. The monoisotopic (exact) mass is 422 g/mol. The summed E-state index contributed by atoms with van der Waals surface area (Å²) >= 11 is 0. The molecule has 0 unspecified atom stereocenters. The van der Waals surface area contributed by atoms with Crippen LogP contribution in [0, 0.1) is 22.7 Å². The van der Waals surface area contributed by atoms with E-state index in [0.717, 1.165) is 25.7 Å². The number of carbonyl (C=O) groups is 2. The first-order valence-electron chi connectivity index (χ1n) is 11.1. The quantitative estimate of drug-likeness (QED) is 0.550. The van der Waals surface area contributed by atoms with Crippen molar-refractivity contribution in [3.8, 4) is 0 Å². The summed E-state index contributed by atoms with van der Waals surface area (Å²) in [6.07, 6.45) is 2.98. The topological polar surface area (TPSA) is 82.1 Å². The van der Waals surface area contributed by atoms with E-state index < -0.39 is 34.8 Å². The predicted octanol–water partition coefficient (Wildman–Crippen LogP) is 3.80. The Morgan fingerprint density at radius 1 is 1.03 bits per heavy atom. The number of ether oxygens (including phenoxy) is 3. The summed E-state index contributed by atoms with van der Waals surface area (Å²) in [5.74, 6) is -0.899. The number of rotatable bonds is 3. The average molecular weight is 423 g/mol. The van der Waals surface area contributed by atoms with Crippen LogP contribution in [0.4, 0.5) is 0 Å². The third-order valence-corrected chi connectivity index (χ3v) is 8.41. The zero-order valence-corrected chi connectivity index (χ0v) is 19.5. The third-order valence-electron chi connectivity index (χ3n) is 8.41. The van der Waals surface area contributed by atoms with Gasteiger partial charge in [-0.25, -0.2) is 0 Å². The van der Waals surface area contributed by atoms with Crippen molar-refractivity contribution in [2.45, 2.75) is 104 Å². The summed E-state index contributed by atoms with van der Waals surface area (Å²) in [7, 11) is 0. The number of carbonyl (C=O) groups excluding carboxylic acids is 2. The summed E-state index contributed by atoms with van der Waals surface area (Å²) in [6.45, 7) is 17.0. The Labute approximate surface area is 180 Å². The van der Waals surface area contributed by atoms with Crippen molar-refractivity contribution in [1.29, 1.82) is 0 Å². The van der Waals surface area contributed by atoms with Gasteiger partial charge in [-0.2, -0.15) is 0 Å². The fourth-order valence-electron chi connectivity index (χ4n) is 7.26. The van der Waals surface area contributed by atoms with E-state index in [1.807, 2.05) is 19.9 Å². The van der Waals surface area contributed by atoms with Crippen LogP contribution in [0.5, 0.6) is 0 Å². The van der Waals surface area contributed by atoms with E-state index in [1.54, 1.807) is 0 Å². The number of hydrogen-bond donors (Lipinski definition) is 1. The zero-order valence-electron chi connectivity index (χ0n) is 19.5. The highest BCUT2D eigenvalue weighted by atomic mass is 16.6. The standard InChI is InChI=1S/C24H38O6/c1-9-22(6)12-10-16-23(7)13-11-17(28-14(2)25)21(4,5)19(23)18(27)20(29-15(3)26)24(16,8)30-22/h9,16-20,27H,1,10-13H2,2-8H3/t16-,17+,18-,19+,20+,22+,23-,24+/m1/s1. The molecule has 1 heterocycles. The second kappa shape index (κ2) is 7.33. The highest BCUT2D eigenvalue weighted by Gasteiger charge is 2.70. The molecule has 0 spiro atoms. The maximum Gasteiger partial charge on any atom is 0.303 e. The molecule has 0 amide bonds. The summed E-state index contributed by atoms with van der Waals surface area (Å²) in [4.78, 5) is 23.8. The van der Waals surface area contributed by atoms with Gasteiger partial charge in [0.2, 0.25) is 0 Å². The fourth-order valence-corrected chi connectivity index (χ4v) is 7.26. The van der Waals surface area contributed by atoms with Gasteiger partial charge in [0.25, 0.3) is 0 Å². The fraction of sp³-hybridized carbons (Fsp3) is 0.833. The molecule has 0 aromatic rings. The zero-order chi connectivity index (χ0) is 22.7. The van der Waals surface area contributed by atoms with Gasteiger partial charge >= 0.3 is 11.9 Å². The minimum absolute atomic E-state index is 0.0772. The maximum atomic E-state index is 12.0. The summed E-state index contributed by atoms with van der Waals surface area (Å²) in [5.41, 5.74) is -2.14. The molecular formula is C24H38O6. The van der Waals surface area contributed by atoms with Gasteiger partial charge in [0.05, 0.1) is 11.7 Å². The molecule has 6 heteroatoms. The Morgan fingerprint density at radius 3 is 2.17 bits per heavy atom. The van der Waals surface area contributed by atoms with Crippen LogP contribution in [0.2, 0.25) is 0 Å². The van der Waals surface area contributed by atoms with Crippen LogP contribution in [-0.4, -0.2) is 46.6 Å². The number of esters is 2. The van der Waals surface area contributed by atoms with Crippen LogP contribution in [0.25, 0.3) is 0 Å². The SMILES string of the molecule is C=C[C@@]1(C)CC[C@@H]2[C@@]3(C)CC[C@H](OC(C)=O)C(C)(C)[C@@H]3[C@@H](O)[C@H](OC(C)=O)[C@@]2(C)O1. The summed E-state index contributed by atoms with van der Waals surface area (Å²) in [6, 6.07) is 0. The molecule has 0 radical (unpaired) electrons. The van der Waals surface area contributed by atoms with E-state index in [-0.39, 0.29) is 29.3 Å². The van der Waals surface area contributed by atoms with Crippen LogP contribution in [-0.2, 0) is 23.8 Å². The van der Waals surface area contributed by atoms with Crippen molar-refractivity contribution in [2.75, 3.05) is 0 Å². The third kappa shape index (κ3) is 3.40. The number of hydrogen-bond acceptors (Lipinski definition) is 6. The molecular weight excluding hydrogens is 384 g/mol. The normalized spacial score (nSPS) is 47.4. The first kappa shape index (κ1) is 23.3. The van der Waals surface area contributed by atoms with E-state index in [0.29, 0.717) is 0 Å². The van der Waals surface area contributed by atoms with Crippen molar-refractivity contribution in [1.82, 2.24) is 0 Å². The van der Waals surface area contributed by atoms with E-state index in [2.05, 4.69) is 27.4 Å². The lowest BCUT2D eigenvalue weighted by molar-refractivity contribution is -0.328. The number of fused-ring (bicyclic) bond motifs is 3. The Balaban J connectivity index is 2.11. The Bertz CT molecular complexity index is 731. The second-order valence-corrected chi connectivity index (χ2v) is 10.9. The molecule has 3 rings (SSSR count). The maximum absolute atomic E-state index is 12.0. The Morgan fingerprint density at radius 2 is 1.63 bits per heavy atom. The molecule has 2 saturated carbocycles. The van der Waals surface area contributed by atoms with Gasteiger partial charge in [-0.3, -0.25) is 9.59 Å². The molecule has 1 N–H and O–H groups in total. The van der Waals surface area contributed by atoms with Crippen LogP contribution in [0.15, 0.2) is 12.7 Å². The molecule has 3 fully saturated rings. The Kier molecular flexibility index (Phi) is 5.69. The molecule has 1 saturated heterocycles. The minimum atomic E-state index is -0.944. The van der Waals surface area contributed by atoms with Crippen molar-refractivity contribution < 1.29 is 28.9 Å². The molecule has 0 bridgehead atoms. The van der Waals surface area contributed by atoms with Gasteiger partial charge < -0.3 is 19.3 Å². The number of aliphatic hydroxyl groups excluding tert-OH is 1. The lowest BCUT2D eigenvalue weighted by Crippen LogP contribution is -2.74. The molecule has 170 valence electrons. The van der Waals surface area contributed by atoms with E-state index in [4.69, 9.17) is 14.2 Å². The lowest BCUT2D eigenvalue weighted by atomic mass is 9.42. The highest BCUT2D eigenvalue weighted by Crippen LogP contribution is 2.66. The molecule has 0 aromatic heterocycles. The van der Waals surface area contributed by atoms with Crippen LogP contribution >= 0.6 is 0 Å². The molecule has 8 atom stereocenters. The molecule has 3 aliphatic rings. The number of aliphatic hydroxyl groups is 1. The molecule has 30 heavy (non-hydrogen) atoms. The Hall–Kier alpha value is -1.40. The first-order chi connectivity index (χ1) is 13.7. The van der Waals surface area contributed by atoms with Crippen LogP contribution in [0.3, 0.4) is 0 Å². The van der Waals surface area contributed by atoms with Gasteiger partial charge in [-0.15, -0.1) is 6.58 Å². The summed E-state index contributed by atoms with van der Waals surface area (Å²) in [5, 5.41) is 11.7. The predicted molar refractivity (Wildman–Crippen MR) is 113 cm³/mol. The second-order valence-electron chi connectivity index (χ2n) is 10.9. The molecule has 0 aromatic carbocycles. The van der Waals surface area contributed by atoms with E-state index in [1.165, 1.54) is 13.8 Å². The molecule has 6 nitrogen and oxygen atoms in total. The van der Waals surface area contributed by atoms with Gasteiger partial charge in [-0.05, 0) is 50.9 Å². The van der Waals surface area contributed by atoms with Crippen molar-refractivity contribution >= 4 is 11.9 Å². The van der Waals surface area contributed by atoms with Crippen molar-refractivity contribution in [2.24, 2.45) is 22.7 Å². The molecule has 1 aliphatic heterocycles. The van der Waals surface area contributed by atoms with E-state index in [9.17, 15) is 14.7 Å². The average Bonchev–Trinajstić information content (AvgIpc) is 2.60. The largest absolute Gasteiger partial charge is 0.462 e. The van der Waals surface area contributed by atoms with Crippen LogP contribution in [0.1, 0.15) is 74.1 Å². The van der Waals surface area contributed by atoms with E-state index >= 15 is 0 Å². The summed E-state index contributed by atoms with van der Waals surface area (Å²) < 4.78 is 18.1. The van der Waals surface area contributed by atoms with Gasteiger partial charge in [0.1, 0.15) is 11.7 Å². The lowest BCUT2D eigenvalue weighted by Gasteiger charge is -2.68. The van der Waals surface area contributed by atoms with Crippen LogP contribution < -0.4 is 0 Å². The minimum Gasteiger partial charge on any atom is -0.462 e.